The van der Waals surface area contributed by atoms with Crippen molar-refractivity contribution < 1.29 is 32.3 Å². The predicted molar refractivity (Wildman–Crippen MR) is 84.8 cm³/mol. The molecule has 1 fully saturated rings. The van der Waals surface area contributed by atoms with Crippen LogP contribution in [-0.4, -0.2) is 52.1 Å². The minimum Gasteiger partial charge on any atom is -0.463 e. The lowest BCUT2D eigenvalue weighted by Crippen LogP contribution is -2.40. The third-order valence-corrected chi connectivity index (χ3v) is 4.76. The van der Waals surface area contributed by atoms with E-state index >= 15 is 0 Å². The lowest BCUT2D eigenvalue weighted by molar-refractivity contribution is -0.159. The monoisotopic (exact) mass is 370 g/mol. The van der Waals surface area contributed by atoms with Gasteiger partial charge >= 0.3 is 11.9 Å². The van der Waals surface area contributed by atoms with Crippen LogP contribution in [0.25, 0.3) is 0 Å². The maximum absolute atomic E-state index is 12.0. The van der Waals surface area contributed by atoms with E-state index in [1.165, 1.54) is 12.1 Å². The second-order valence-electron chi connectivity index (χ2n) is 5.35. The van der Waals surface area contributed by atoms with Gasteiger partial charge in [-0.3, -0.25) is 9.59 Å². The highest BCUT2D eigenvalue weighted by molar-refractivity contribution is 7.89. The van der Waals surface area contributed by atoms with Gasteiger partial charge in [-0.1, -0.05) is 17.7 Å². The number of hydrogen-bond acceptors (Lipinski definition) is 7. The van der Waals surface area contributed by atoms with Crippen LogP contribution < -0.4 is 10.0 Å². The van der Waals surface area contributed by atoms with Crippen LogP contribution >= 0.6 is 0 Å². The van der Waals surface area contributed by atoms with Gasteiger partial charge in [-0.05, 0) is 19.1 Å². The van der Waals surface area contributed by atoms with Crippen molar-refractivity contribution in [2.45, 2.75) is 24.3 Å². The van der Waals surface area contributed by atoms with Crippen LogP contribution in [-0.2, 0) is 33.9 Å². The molecule has 0 radical (unpaired) electrons. The molecule has 0 aromatic heterocycles. The molecule has 0 bridgehead atoms. The zero-order valence-corrected chi connectivity index (χ0v) is 14.3. The third kappa shape index (κ3) is 5.54. The molecule has 136 valence electrons. The normalized spacial score (nSPS) is 17.0. The van der Waals surface area contributed by atoms with Gasteiger partial charge in [0.25, 0.3) is 0 Å². The largest absolute Gasteiger partial charge is 0.463 e. The number of sulfonamides is 1. The molecule has 9 nitrogen and oxygen atoms in total. The second kappa shape index (κ2) is 8.08. The molecule has 0 aliphatic carbocycles. The topological polar surface area (TPSA) is 128 Å². The van der Waals surface area contributed by atoms with E-state index in [0.29, 0.717) is 0 Å². The molecule has 1 saturated heterocycles. The number of ether oxygens (including phenoxy) is 2. The standard InChI is InChI=1S/C15H18N2O7S/c1-10-2-4-11(5-3-10)25(21,22)17-8-13(18)16-9-14(19)24-12-6-7-23-15(12)20/h2-5,12,17H,6-9H2,1H3,(H,16,18)/t12-/m0/s1. The van der Waals surface area contributed by atoms with E-state index in [1.54, 1.807) is 12.1 Å². The van der Waals surface area contributed by atoms with Crippen LogP contribution in [0.2, 0.25) is 0 Å². The summed E-state index contributed by atoms with van der Waals surface area (Å²) in [5.41, 5.74) is 0.904. The molecule has 0 unspecified atom stereocenters. The van der Waals surface area contributed by atoms with Gasteiger partial charge in [0.05, 0.1) is 18.0 Å². The highest BCUT2D eigenvalue weighted by Gasteiger charge is 2.30. The summed E-state index contributed by atoms with van der Waals surface area (Å²) in [5.74, 6) is -2.13. The van der Waals surface area contributed by atoms with Crippen LogP contribution in [0.1, 0.15) is 12.0 Å². The molecule has 10 heteroatoms. The molecule has 1 aromatic carbocycles. The maximum atomic E-state index is 12.0. The number of aryl methyl sites for hydroxylation is 1. The van der Waals surface area contributed by atoms with Crippen molar-refractivity contribution in [3.8, 4) is 0 Å². The Kier molecular flexibility index (Phi) is 6.10. The third-order valence-electron chi connectivity index (χ3n) is 3.34. The summed E-state index contributed by atoms with van der Waals surface area (Å²) in [5, 5.41) is 2.21. The van der Waals surface area contributed by atoms with Gasteiger partial charge in [-0.15, -0.1) is 0 Å². The van der Waals surface area contributed by atoms with Gasteiger partial charge in [0.15, 0.2) is 0 Å². The average molecular weight is 370 g/mol. The number of rotatable bonds is 7. The predicted octanol–water partition coefficient (Wildman–Crippen LogP) is -0.752. The zero-order chi connectivity index (χ0) is 18.4. The fourth-order valence-electron chi connectivity index (χ4n) is 1.98. The summed E-state index contributed by atoms with van der Waals surface area (Å²) in [7, 11) is -3.82. The molecule has 1 heterocycles. The van der Waals surface area contributed by atoms with Crippen molar-refractivity contribution in [2.24, 2.45) is 0 Å². The average Bonchev–Trinajstić information content (AvgIpc) is 2.96. The zero-order valence-electron chi connectivity index (χ0n) is 13.5. The minimum absolute atomic E-state index is 0.0325. The molecule has 0 spiro atoms. The van der Waals surface area contributed by atoms with Crippen LogP contribution in [0.5, 0.6) is 0 Å². The number of cyclic esters (lactones) is 1. The molecule has 1 amide bonds. The van der Waals surface area contributed by atoms with Gasteiger partial charge in [0.1, 0.15) is 6.54 Å². The van der Waals surface area contributed by atoms with Gasteiger partial charge in [0.2, 0.25) is 22.0 Å². The fourth-order valence-corrected chi connectivity index (χ4v) is 2.96. The number of esters is 2. The number of hydrogen-bond donors (Lipinski definition) is 2. The summed E-state index contributed by atoms with van der Waals surface area (Å²) >= 11 is 0. The Bertz CT molecular complexity index is 759. The first kappa shape index (κ1) is 18.9. The number of amides is 1. The summed E-state index contributed by atoms with van der Waals surface area (Å²) in [6, 6.07) is 6.12. The number of benzene rings is 1. The van der Waals surface area contributed by atoms with Gasteiger partial charge in [-0.2, -0.15) is 0 Å². The molecule has 2 rings (SSSR count). The Labute approximate surface area is 144 Å². The van der Waals surface area contributed by atoms with Crippen molar-refractivity contribution in [1.29, 1.82) is 0 Å². The van der Waals surface area contributed by atoms with Crippen molar-refractivity contribution in [3.05, 3.63) is 29.8 Å². The molecule has 2 N–H and O–H groups in total. The Morgan fingerprint density at radius 1 is 1.24 bits per heavy atom. The molecule has 1 aliphatic heterocycles. The highest BCUT2D eigenvalue weighted by atomic mass is 32.2. The molecular formula is C15H18N2O7S. The van der Waals surface area contributed by atoms with Crippen molar-refractivity contribution in [1.82, 2.24) is 10.0 Å². The summed E-state index contributed by atoms with van der Waals surface area (Å²) in [4.78, 5) is 34.3. The van der Waals surface area contributed by atoms with Crippen LogP contribution in [0.15, 0.2) is 29.2 Å². The first-order valence-corrected chi connectivity index (χ1v) is 8.95. The quantitative estimate of drug-likeness (QED) is 0.604. The Hall–Kier alpha value is -2.46. The van der Waals surface area contributed by atoms with Gasteiger partial charge in [-0.25, -0.2) is 17.9 Å². The molecule has 1 aliphatic rings. The summed E-state index contributed by atoms with van der Waals surface area (Å²) < 4.78 is 35.6. The Balaban J connectivity index is 1.75. The molecule has 25 heavy (non-hydrogen) atoms. The van der Waals surface area contributed by atoms with E-state index in [2.05, 4.69) is 14.8 Å². The summed E-state index contributed by atoms with van der Waals surface area (Å²) in [6.45, 7) is 0.995. The lowest BCUT2D eigenvalue weighted by Gasteiger charge is -2.10. The number of nitrogens with one attached hydrogen (secondary N) is 2. The molecular weight excluding hydrogens is 352 g/mol. The maximum Gasteiger partial charge on any atom is 0.347 e. The van der Waals surface area contributed by atoms with E-state index in [-0.39, 0.29) is 17.9 Å². The van der Waals surface area contributed by atoms with Crippen molar-refractivity contribution >= 4 is 27.9 Å². The van der Waals surface area contributed by atoms with E-state index in [0.717, 1.165) is 5.56 Å². The smallest absolute Gasteiger partial charge is 0.347 e. The van der Waals surface area contributed by atoms with Gasteiger partial charge in [0, 0.05) is 6.42 Å². The molecule has 1 aromatic rings. The van der Waals surface area contributed by atoms with Crippen molar-refractivity contribution in [2.75, 3.05) is 19.7 Å². The Morgan fingerprint density at radius 3 is 2.52 bits per heavy atom. The lowest BCUT2D eigenvalue weighted by atomic mass is 10.2. The molecule has 1 atom stereocenters. The second-order valence-corrected chi connectivity index (χ2v) is 7.12. The molecule has 0 saturated carbocycles. The van der Waals surface area contributed by atoms with E-state index in [1.807, 2.05) is 6.92 Å². The Morgan fingerprint density at radius 2 is 1.92 bits per heavy atom. The first-order valence-electron chi connectivity index (χ1n) is 7.47. The SMILES string of the molecule is Cc1ccc(S(=O)(=O)NCC(=O)NCC(=O)O[C@H]2CCOC2=O)cc1. The van der Waals surface area contributed by atoms with Crippen LogP contribution in [0, 0.1) is 6.92 Å². The first-order chi connectivity index (χ1) is 11.8. The summed E-state index contributed by atoms with van der Waals surface area (Å²) in [6.07, 6.45) is -0.682. The van der Waals surface area contributed by atoms with Gasteiger partial charge < -0.3 is 14.8 Å². The fraction of sp³-hybridized carbons (Fsp3) is 0.400. The van der Waals surface area contributed by atoms with Crippen molar-refractivity contribution in [3.63, 3.8) is 0 Å². The van der Waals surface area contributed by atoms with E-state index in [9.17, 15) is 22.8 Å². The van der Waals surface area contributed by atoms with E-state index < -0.39 is 47.1 Å². The minimum atomic E-state index is -3.82. The van der Waals surface area contributed by atoms with Crippen LogP contribution in [0.4, 0.5) is 0 Å². The number of carbonyl (C=O) groups is 3. The highest BCUT2D eigenvalue weighted by Crippen LogP contribution is 2.10. The van der Waals surface area contributed by atoms with Crippen LogP contribution in [0.3, 0.4) is 0 Å². The number of carbonyl (C=O) groups excluding carboxylic acids is 3. The van der Waals surface area contributed by atoms with E-state index in [4.69, 9.17) is 4.74 Å².